The van der Waals surface area contributed by atoms with E-state index in [0.29, 0.717) is 18.0 Å². The number of amides is 1. The molecule has 0 saturated carbocycles. The fourth-order valence-electron chi connectivity index (χ4n) is 3.78. The van der Waals surface area contributed by atoms with Gasteiger partial charge in [0.2, 0.25) is 0 Å². The van der Waals surface area contributed by atoms with Gasteiger partial charge in [0, 0.05) is 18.2 Å². The van der Waals surface area contributed by atoms with E-state index in [9.17, 15) is 9.18 Å². The zero-order valence-electron chi connectivity index (χ0n) is 16.3. The molecule has 4 rings (SSSR count). The normalized spacial score (nSPS) is 17.0. The minimum absolute atomic E-state index is 0.0919. The molecule has 0 unspecified atom stereocenters. The molecule has 3 aromatic rings. The Labute approximate surface area is 169 Å². The van der Waals surface area contributed by atoms with Gasteiger partial charge in [0.05, 0.1) is 18.7 Å². The van der Waals surface area contributed by atoms with E-state index in [-0.39, 0.29) is 17.5 Å². The number of halogens is 1. The SMILES string of the molecule is COc1ccc(-c2cc([C@@H]3CCCCCN3C(=O)c3ccccc3F)on2)cc1. The van der Waals surface area contributed by atoms with Gasteiger partial charge in [0.25, 0.3) is 5.91 Å². The molecule has 1 aromatic heterocycles. The van der Waals surface area contributed by atoms with E-state index in [2.05, 4.69) is 5.16 Å². The van der Waals surface area contributed by atoms with Gasteiger partial charge in [0.1, 0.15) is 17.3 Å². The van der Waals surface area contributed by atoms with Crippen molar-refractivity contribution in [3.8, 4) is 17.0 Å². The Kier molecular flexibility index (Phi) is 5.60. The second-order valence-electron chi connectivity index (χ2n) is 7.19. The zero-order valence-corrected chi connectivity index (χ0v) is 16.3. The molecule has 5 nitrogen and oxygen atoms in total. The highest BCUT2D eigenvalue weighted by Crippen LogP contribution is 2.34. The first-order chi connectivity index (χ1) is 14.2. The summed E-state index contributed by atoms with van der Waals surface area (Å²) in [5.41, 5.74) is 1.70. The molecule has 29 heavy (non-hydrogen) atoms. The van der Waals surface area contributed by atoms with Crippen LogP contribution in [0, 0.1) is 5.82 Å². The summed E-state index contributed by atoms with van der Waals surface area (Å²) in [5, 5.41) is 4.20. The van der Waals surface area contributed by atoms with Gasteiger partial charge < -0.3 is 14.2 Å². The standard InChI is InChI=1S/C23H23FN2O3/c1-28-17-12-10-16(11-13-17)20-15-22(29-25-20)21-9-3-2-6-14-26(21)23(27)18-7-4-5-8-19(18)24/h4-5,7-8,10-13,15,21H,2-3,6,9,14H2,1H3/t21-/m0/s1. The van der Waals surface area contributed by atoms with E-state index in [1.807, 2.05) is 30.3 Å². The van der Waals surface area contributed by atoms with Crippen LogP contribution in [-0.4, -0.2) is 29.6 Å². The molecule has 1 atom stereocenters. The van der Waals surface area contributed by atoms with Crippen LogP contribution in [0.5, 0.6) is 5.75 Å². The molecular formula is C23H23FN2O3. The Bertz CT molecular complexity index is 984. The maximum absolute atomic E-state index is 14.2. The van der Waals surface area contributed by atoms with Gasteiger partial charge in [-0.05, 0) is 49.2 Å². The predicted octanol–water partition coefficient (Wildman–Crippen LogP) is 5.25. The highest BCUT2D eigenvalue weighted by atomic mass is 19.1. The van der Waals surface area contributed by atoms with Crippen molar-refractivity contribution in [1.29, 1.82) is 0 Å². The Morgan fingerprint density at radius 3 is 2.69 bits per heavy atom. The van der Waals surface area contributed by atoms with Crippen molar-refractivity contribution in [1.82, 2.24) is 10.1 Å². The van der Waals surface area contributed by atoms with Gasteiger partial charge in [0.15, 0.2) is 5.76 Å². The third kappa shape index (κ3) is 4.01. The molecule has 0 N–H and O–H groups in total. The fourth-order valence-corrected chi connectivity index (χ4v) is 3.78. The number of carbonyl (C=O) groups is 1. The van der Waals surface area contributed by atoms with Crippen LogP contribution in [-0.2, 0) is 0 Å². The summed E-state index contributed by atoms with van der Waals surface area (Å²) in [6, 6.07) is 15.3. The molecular weight excluding hydrogens is 371 g/mol. The molecule has 2 heterocycles. The Balaban J connectivity index is 1.63. The topological polar surface area (TPSA) is 55.6 Å². The van der Waals surface area contributed by atoms with Crippen molar-refractivity contribution >= 4 is 5.91 Å². The maximum Gasteiger partial charge on any atom is 0.257 e. The molecule has 1 saturated heterocycles. The van der Waals surface area contributed by atoms with Gasteiger partial charge in [-0.1, -0.05) is 30.1 Å². The fraction of sp³-hybridized carbons (Fsp3) is 0.304. The molecule has 1 fully saturated rings. The number of nitrogens with zero attached hydrogens (tertiary/aromatic N) is 2. The zero-order chi connectivity index (χ0) is 20.2. The molecule has 0 spiro atoms. The number of benzene rings is 2. The quantitative estimate of drug-likeness (QED) is 0.607. The molecule has 150 valence electrons. The lowest BCUT2D eigenvalue weighted by Gasteiger charge is -2.28. The highest BCUT2D eigenvalue weighted by molar-refractivity contribution is 5.94. The molecule has 0 bridgehead atoms. The molecule has 1 aliphatic rings. The van der Waals surface area contributed by atoms with Crippen molar-refractivity contribution in [2.75, 3.05) is 13.7 Å². The summed E-state index contributed by atoms with van der Waals surface area (Å²) in [7, 11) is 1.62. The molecule has 1 amide bonds. The lowest BCUT2D eigenvalue weighted by atomic mass is 10.0. The summed E-state index contributed by atoms with van der Waals surface area (Å²) in [5.74, 6) is 0.583. The lowest BCUT2D eigenvalue weighted by molar-refractivity contribution is 0.0646. The summed E-state index contributed by atoms with van der Waals surface area (Å²) in [6.07, 6.45) is 3.65. The predicted molar refractivity (Wildman–Crippen MR) is 107 cm³/mol. The summed E-state index contributed by atoms with van der Waals surface area (Å²) >= 11 is 0. The first kappa shape index (κ1) is 19.2. The van der Waals surface area contributed by atoms with Crippen LogP contribution in [0.3, 0.4) is 0 Å². The maximum atomic E-state index is 14.2. The Hall–Kier alpha value is -3.15. The van der Waals surface area contributed by atoms with Crippen LogP contribution in [0.4, 0.5) is 4.39 Å². The minimum Gasteiger partial charge on any atom is -0.497 e. The summed E-state index contributed by atoms with van der Waals surface area (Å²) < 4.78 is 25.1. The first-order valence-electron chi connectivity index (χ1n) is 9.84. The second-order valence-corrected chi connectivity index (χ2v) is 7.19. The Morgan fingerprint density at radius 2 is 1.93 bits per heavy atom. The van der Waals surface area contributed by atoms with Crippen LogP contribution in [0.25, 0.3) is 11.3 Å². The number of hydrogen-bond donors (Lipinski definition) is 0. The van der Waals surface area contributed by atoms with Crippen molar-refractivity contribution in [2.24, 2.45) is 0 Å². The van der Waals surface area contributed by atoms with Crippen molar-refractivity contribution in [2.45, 2.75) is 31.7 Å². The minimum atomic E-state index is -0.503. The van der Waals surface area contributed by atoms with Gasteiger partial charge in [-0.25, -0.2) is 4.39 Å². The van der Waals surface area contributed by atoms with Crippen LogP contribution >= 0.6 is 0 Å². The van der Waals surface area contributed by atoms with E-state index >= 15 is 0 Å². The molecule has 2 aromatic carbocycles. The number of carbonyl (C=O) groups excluding carboxylic acids is 1. The van der Waals surface area contributed by atoms with Crippen LogP contribution in [0.2, 0.25) is 0 Å². The average molecular weight is 394 g/mol. The van der Waals surface area contributed by atoms with Gasteiger partial charge >= 0.3 is 0 Å². The lowest BCUT2D eigenvalue weighted by Crippen LogP contribution is -2.35. The van der Waals surface area contributed by atoms with Crippen LogP contribution in [0.15, 0.2) is 59.1 Å². The number of aromatic nitrogens is 1. The summed E-state index contributed by atoms with van der Waals surface area (Å²) in [4.78, 5) is 14.8. The number of hydrogen-bond acceptors (Lipinski definition) is 4. The largest absolute Gasteiger partial charge is 0.497 e. The number of rotatable bonds is 4. The highest BCUT2D eigenvalue weighted by Gasteiger charge is 2.31. The van der Waals surface area contributed by atoms with Crippen molar-refractivity contribution in [3.63, 3.8) is 0 Å². The first-order valence-corrected chi connectivity index (χ1v) is 9.84. The third-order valence-corrected chi connectivity index (χ3v) is 5.36. The van der Waals surface area contributed by atoms with Crippen LogP contribution in [0.1, 0.15) is 47.8 Å². The molecule has 0 aliphatic carbocycles. The number of ether oxygens (including phenoxy) is 1. The van der Waals surface area contributed by atoms with E-state index in [0.717, 1.165) is 37.0 Å². The van der Waals surface area contributed by atoms with Crippen molar-refractivity contribution in [3.05, 3.63) is 71.7 Å². The second kappa shape index (κ2) is 8.47. The van der Waals surface area contributed by atoms with Gasteiger partial charge in [-0.15, -0.1) is 0 Å². The van der Waals surface area contributed by atoms with Gasteiger partial charge in [-0.2, -0.15) is 0 Å². The molecule has 0 radical (unpaired) electrons. The smallest absolute Gasteiger partial charge is 0.257 e. The molecule has 6 heteroatoms. The monoisotopic (exact) mass is 394 g/mol. The van der Waals surface area contributed by atoms with E-state index in [1.54, 1.807) is 24.1 Å². The third-order valence-electron chi connectivity index (χ3n) is 5.36. The average Bonchev–Trinajstić information content (AvgIpc) is 3.11. The van der Waals surface area contributed by atoms with Crippen LogP contribution < -0.4 is 4.74 Å². The van der Waals surface area contributed by atoms with E-state index < -0.39 is 5.82 Å². The van der Waals surface area contributed by atoms with Gasteiger partial charge in [-0.3, -0.25) is 4.79 Å². The molecule has 1 aliphatic heterocycles. The van der Waals surface area contributed by atoms with Crippen molar-refractivity contribution < 1.29 is 18.4 Å². The number of likely N-dealkylation sites (tertiary alicyclic amines) is 1. The number of methoxy groups -OCH3 is 1. The summed E-state index contributed by atoms with van der Waals surface area (Å²) in [6.45, 7) is 0.566. The Morgan fingerprint density at radius 1 is 1.14 bits per heavy atom. The van der Waals surface area contributed by atoms with E-state index in [1.165, 1.54) is 12.1 Å². The van der Waals surface area contributed by atoms with E-state index in [4.69, 9.17) is 9.26 Å².